The van der Waals surface area contributed by atoms with Crippen molar-refractivity contribution in [2.45, 2.75) is 76.7 Å². The summed E-state index contributed by atoms with van der Waals surface area (Å²) < 4.78 is 8.11. The van der Waals surface area contributed by atoms with Crippen LogP contribution in [-0.2, 0) is 11.3 Å². The fourth-order valence-electron chi connectivity index (χ4n) is 3.91. The van der Waals surface area contributed by atoms with E-state index < -0.39 is 0 Å². The Hall–Kier alpha value is -2.28. The smallest absolute Gasteiger partial charge is 0.230 e. The van der Waals surface area contributed by atoms with Crippen molar-refractivity contribution in [2.75, 3.05) is 5.75 Å². The lowest BCUT2D eigenvalue weighted by Gasteiger charge is -2.22. The van der Waals surface area contributed by atoms with Crippen LogP contribution in [0.4, 0.5) is 0 Å². The molecular weight excluding hydrogens is 396 g/mol. The van der Waals surface area contributed by atoms with Gasteiger partial charge >= 0.3 is 0 Å². The highest BCUT2D eigenvalue weighted by molar-refractivity contribution is 7.99. The van der Waals surface area contributed by atoms with Crippen LogP contribution in [0, 0.1) is 13.8 Å². The molecule has 7 heteroatoms. The Bertz CT molecular complexity index is 854. The average Bonchev–Trinajstić information content (AvgIpc) is 3.09. The van der Waals surface area contributed by atoms with E-state index in [0.717, 1.165) is 35.5 Å². The van der Waals surface area contributed by atoms with Crippen molar-refractivity contribution in [3.8, 4) is 5.75 Å². The lowest BCUT2D eigenvalue weighted by Crippen LogP contribution is -2.37. The molecule has 1 aromatic heterocycles. The molecule has 1 aliphatic rings. The minimum absolute atomic E-state index is 0.0566. The summed E-state index contributed by atoms with van der Waals surface area (Å²) in [5.74, 6) is 1.93. The number of thioether (sulfide) groups is 1. The first kappa shape index (κ1) is 22.4. The third-order valence-corrected chi connectivity index (χ3v) is 6.20. The molecule has 6 nitrogen and oxygen atoms in total. The van der Waals surface area contributed by atoms with Gasteiger partial charge in [-0.1, -0.05) is 43.2 Å². The van der Waals surface area contributed by atoms with E-state index in [-0.39, 0.29) is 12.0 Å². The van der Waals surface area contributed by atoms with E-state index >= 15 is 0 Å². The van der Waals surface area contributed by atoms with Crippen molar-refractivity contribution in [2.24, 2.45) is 0 Å². The SMILES string of the molecule is C=CCn1c(SCC(=O)NC2CCCCC2)nnc1C(C)Oc1cc(C)cc(C)c1. The maximum absolute atomic E-state index is 12.4. The number of hydrogen-bond acceptors (Lipinski definition) is 5. The van der Waals surface area contributed by atoms with Crippen molar-refractivity contribution in [3.05, 3.63) is 47.8 Å². The summed E-state index contributed by atoms with van der Waals surface area (Å²) in [6.45, 7) is 10.5. The third kappa shape index (κ3) is 6.11. The zero-order valence-corrected chi connectivity index (χ0v) is 19.0. The van der Waals surface area contributed by atoms with Gasteiger partial charge in [0.2, 0.25) is 5.91 Å². The molecule has 1 saturated carbocycles. The Morgan fingerprint density at radius 1 is 1.27 bits per heavy atom. The second kappa shape index (κ2) is 10.7. The van der Waals surface area contributed by atoms with E-state index in [0.29, 0.717) is 23.5 Å². The normalized spacial score (nSPS) is 15.6. The molecule has 0 aliphatic heterocycles. The molecule has 1 fully saturated rings. The number of nitrogens with one attached hydrogen (secondary N) is 1. The molecule has 1 amide bonds. The Morgan fingerprint density at radius 3 is 2.63 bits per heavy atom. The lowest BCUT2D eigenvalue weighted by molar-refractivity contribution is -0.119. The van der Waals surface area contributed by atoms with Crippen LogP contribution in [0.25, 0.3) is 0 Å². The number of hydrogen-bond donors (Lipinski definition) is 1. The van der Waals surface area contributed by atoms with Gasteiger partial charge in [-0.2, -0.15) is 0 Å². The third-order valence-electron chi connectivity index (χ3n) is 5.23. The summed E-state index contributed by atoms with van der Waals surface area (Å²) in [5, 5.41) is 12.5. The molecule has 0 spiro atoms. The van der Waals surface area contributed by atoms with Gasteiger partial charge in [-0.15, -0.1) is 16.8 Å². The molecule has 1 N–H and O–H groups in total. The van der Waals surface area contributed by atoms with Gasteiger partial charge in [0, 0.05) is 12.6 Å². The van der Waals surface area contributed by atoms with Gasteiger partial charge in [-0.3, -0.25) is 9.36 Å². The minimum atomic E-state index is -0.274. The van der Waals surface area contributed by atoms with Crippen molar-refractivity contribution in [3.63, 3.8) is 0 Å². The fourth-order valence-corrected chi connectivity index (χ4v) is 4.68. The van der Waals surface area contributed by atoms with Crippen LogP contribution in [0.15, 0.2) is 36.0 Å². The number of rotatable bonds is 9. The van der Waals surface area contributed by atoms with Crippen LogP contribution >= 0.6 is 11.8 Å². The molecule has 162 valence electrons. The number of allylic oxidation sites excluding steroid dienone is 1. The standard InChI is InChI=1S/C23H32N4O2S/c1-5-11-27-22(18(4)29-20-13-16(2)12-17(3)14-20)25-26-23(27)30-15-21(28)24-19-9-7-6-8-10-19/h5,12-14,18-19H,1,6-11,15H2,2-4H3,(H,24,28). The predicted molar refractivity (Wildman–Crippen MR) is 121 cm³/mol. The monoisotopic (exact) mass is 428 g/mol. The lowest BCUT2D eigenvalue weighted by atomic mass is 9.95. The second-order valence-corrected chi connectivity index (χ2v) is 8.96. The van der Waals surface area contributed by atoms with E-state index in [4.69, 9.17) is 4.74 Å². The van der Waals surface area contributed by atoms with Gasteiger partial charge in [0.25, 0.3) is 0 Å². The second-order valence-electron chi connectivity index (χ2n) is 8.01. The van der Waals surface area contributed by atoms with Gasteiger partial charge in [0.05, 0.1) is 5.75 Å². The Kier molecular flexibility index (Phi) is 7.96. The van der Waals surface area contributed by atoms with Gasteiger partial charge < -0.3 is 10.1 Å². The van der Waals surface area contributed by atoms with Crippen LogP contribution in [0.5, 0.6) is 5.75 Å². The molecule has 0 saturated heterocycles. The summed E-state index contributed by atoms with van der Waals surface area (Å²) in [7, 11) is 0. The van der Waals surface area contributed by atoms with Crippen LogP contribution in [0.3, 0.4) is 0 Å². The number of aromatic nitrogens is 3. The zero-order chi connectivity index (χ0) is 21.5. The van der Waals surface area contributed by atoms with Gasteiger partial charge in [0.1, 0.15) is 5.75 Å². The highest BCUT2D eigenvalue weighted by atomic mass is 32.2. The molecule has 1 atom stereocenters. The Morgan fingerprint density at radius 2 is 1.97 bits per heavy atom. The predicted octanol–water partition coefficient (Wildman–Crippen LogP) is 4.76. The minimum Gasteiger partial charge on any atom is -0.483 e. The van der Waals surface area contributed by atoms with Crippen molar-refractivity contribution < 1.29 is 9.53 Å². The van der Waals surface area contributed by atoms with E-state index in [1.165, 1.54) is 31.0 Å². The highest BCUT2D eigenvalue weighted by Crippen LogP contribution is 2.26. The average molecular weight is 429 g/mol. The van der Waals surface area contributed by atoms with E-state index in [2.05, 4.69) is 42.0 Å². The van der Waals surface area contributed by atoms with Crippen LogP contribution in [-0.4, -0.2) is 32.5 Å². The molecule has 0 bridgehead atoms. The van der Waals surface area contributed by atoms with Crippen molar-refractivity contribution >= 4 is 17.7 Å². The quantitative estimate of drug-likeness (QED) is 0.461. The highest BCUT2D eigenvalue weighted by Gasteiger charge is 2.21. The van der Waals surface area contributed by atoms with Crippen LogP contribution < -0.4 is 10.1 Å². The summed E-state index contributed by atoms with van der Waals surface area (Å²) in [4.78, 5) is 12.4. The Labute approximate surface area is 183 Å². The van der Waals surface area contributed by atoms with Crippen LogP contribution in [0.2, 0.25) is 0 Å². The molecule has 1 unspecified atom stereocenters. The maximum Gasteiger partial charge on any atom is 0.230 e. The number of amides is 1. The molecule has 0 radical (unpaired) electrons. The summed E-state index contributed by atoms with van der Waals surface area (Å²) >= 11 is 1.41. The molecule has 3 rings (SSSR count). The first-order valence-electron chi connectivity index (χ1n) is 10.7. The van der Waals surface area contributed by atoms with Gasteiger partial charge in [0.15, 0.2) is 17.1 Å². The summed E-state index contributed by atoms with van der Waals surface area (Å²) in [5.41, 5.74) is 2.31. The summed E-state index contributed by atoms with van der Waals surface area (Å²) in [6, 6.07) is 6.47. The number of ether oxygens (including phenoxy) is 1. The number of nitrogens with zero attached hydrogens (tertiary/aromatic N) is 3. The Balaban J connectivity index is 1.64. The zero-order valence-electron chi connectivity index (χ0n) is 18.2. The molecule has 2 aromatic rings. The first-order chi connectivity index (χ1) is 14.5. The van der Waals surface area contributed by atoms with Gasteiger partial charge in [-0.25, -0.2) is 0 Å². The topological polar surface area (TPSA) is 69.0 Å². The summed E-state index contributed by atoms with van der Waals surface area (Å²) in [6.07, 6.45) is 7.38. The van der Waals surface area contributed by atoms with E-state index in [9.17, 15) is 4.79 Å². The largest absolute Gasteiger partial charge is 0.483 e. The van der Waals surface area contributed by atoms with Crippen molar-refractivity contribution in [1.29, 1.82) is 0 Å². The van der Waals surface area contributed by atoms with Crippen molar-refractivity contribution in [1.82, 2.24) is 20.1 Å². The fraction of sp³-hybridized carbons (Fsp3) is 0.522. The molecule has 1 aliphatic carbocycles. The first-order valence-corrected chi connectivity index (χ1v) is 11.7. The van der Waals surface area contributed by atoms with E-state index in [1.54, 1.807) is 0 Å². The molecular formula is C23H32N4O2S. The van der Waals surface area contributed by atoms with Gasteiger partial charge in [-0.05, 0) is 56.9 Å². The number of aryl methyl sites for hydroxylation is 2. The number of benzene rings is 1. The van der Waals surface area contributed by atoms with Crippen LogP contribution in [0.1, 0.15) is 62.1 Å². The molecule has 1 heterocycles. The number of carbonyl (C=O) groups is 1. The maximum atomic E-state index is 12.4. The molecule has 1 aromatic carbocycles. The molecule has 30 heavy (non-hydrogen) atoms. The van der Waals surface area contributed by atoms with E-state index in [1.807, 2.05) is 29.7 Å². The number of carbonyl (C=O) groups excluding carboxylic acids is 1.